The third-order valence-corrected chi connectivity index (χ3v) is 4.23. The Balaban J connectivity index is 2.50. The van der Waals surface area contributed by atoms with E-state index >= 15 is 0 Å². The lowest BCUT2D eigenvalue weighted by Crippen LogP contribution is -2.46. The summed E-state index contributed by atoms with van der Waals surface area (Å²) in [5, 5.41) is 14.2. The van der Waals surface area contributed by atoms with Gasteiger partial charge in [0.05, 0.1) is 10.4 Å². The number of rotatable bonds is 7. The number of hydrogen-bond donors (Lipinski definition) is 3. The number of aliphatic carboxylic acids is 1. The van der Waals surface area contributed by atoms with E-state index in [1.807, 2.05) is 19.9 Å². The number of amides is 2. The summed E-state index contributed by atoms with van der Waals surface area (Å²) in [6, 6.07) is 2.05. The number of unbranched alkanes of at least 4 members (excludes halogenated alkanes) is 1. The Hall–Kier alpha value is -1.27. The van der Waals surface area contributed by atoms with Crippen molar-refractivity contribution in [3.63, 3.8) is 0 Å². The van der Waals surface area contributed by atoms with Crippen LogP contribution in [0.3, 0.4) is 0 Å². The van der Waals surface area contributed by atoms with Crippen LogP contribution in [0.25, 0.3) is 0 Å². The van der Waals surface area contributed by atoms with Gasteiger partial charge in [-0.05, 0) is 25.5 Å². The van der Waals surface area contributed by atoms with E-state index in [1.165, 1.54) is 11.3 Å². The van der Waals surface area contributed by atoms with Crippen LogP contribution in [-0.4, -0.2) is 23.1 Å². The normalized spacial score (nSPS) is 13.6. The second kappa shape index (κ2) is 8.11. The van der Waals surface area contributed by atoms with Gasteiger partial charge in [-0.2, -0.15) is 0 Å². The first kappa shape index (κ1) is 16.8. The van der Waals surface area contributed by atoms with Crippen LogP contribution in [-0.2, 0) is 4.79 Å². The third-order valence-electron chi connectivity index (χ3n) is 2.82. The summed E-state index contributed by atoms with van der Waals surface area (Å²) in [5.74, 6) is -1.01. The predicted molar refractivity (Wildman–Crippen MR) is 80.4 cm³/mol. The highest BCUT2D eigenvalue weighted by Crippen LogP contribution is 2.26. The lowest BCUT2D eigenvalue weighted by Gasteiger charge is -2.17. The van der Waals surface area contributed by atoms with Gasteiger partial charge >= 0.3 is 12.0 Å². The van der Waals surface area contributed by atoms with Gasteiger partial charge in [0.1, 0.15) is 6.04 Å². The largest absolute Gasteiger partial charge is 0.480 e. The molecule has 0 spiro atoms. The number of carbonyl (C=O) groups is 2. The van der Waals surface area contributed by atoms with Crippen molar-refractivity contribution in [2.45, 2.75) is 45.2 Å². The number of nitrogens with one attached hydrogen (secondary N) is 2. The number of carbonyl (C=O) groups excluding carboxylic acids is 1. The first-order valence-corrected chi connectivity index (χ1v) is 7.68. The Morgan fingerprint density at radius 1 is 1.40 bits per heavy atom. The van der Waals surface area contributed by atoms with E-state index in [4.69, 9.17) is 16.7 Å². The van der Waals surface area contributed by atoms with Gasteiger partial charge in [-0.3, -0.25) is 0 Å². The lowest BCUT2D eigenvalue weighted by atomic mass is 10.1. The number of halogens is 1. The molecule has 0 radical (unpaired) electrons. The Morgan fingerprint density at radius 2 is 2.10 bits per heavy atom. The van der Waals surface area contributed by atoms with Gasteiger partial charge in [0.2, 0.25) is 0 Å². The van der Waals surface area contributed by atoms with Crippen molar-refractivity contribution in [3.05, 3.63) is 21.3 Å². The first-order chi connectivity index (χ1) is 9.43. The third kappa shape index (κ3) is 5.38. The van der Waals surface area contributed by atoms with E-state index in [9.17, 15) is 9.59 Å². The SMILES string of the molecule is CCCC[C@H](NC(=O)NC(C)c1ccc(Cl)s1)C(=O)O. The van der Waals surface area contributed by atoms with E-state index in [0.717, 1.165) is 17.7 Å². The molecule has 3 N–H and O–H groups in total. The minimum absolute atomic E-state index is 0.215. The van der Waals surface area contributed by atoms with Gasteiger partial charge in [0, 0.05) is 4.88 Å². The van der Waals surface area contributed by atoms with Crippen LogP contribution in [0, 0.1) is 0 Å². The molecule has 1 rings (SSSR count). The summed E-state index contributed by atoms with van der Waals surface area (Å²) in [4.78, 5) is 23.8. The molecule has 0 aromatic carbocycles. The van der Waals surface area contributed by atoms with Crippen LogP contribution in [0.4, 0.5) is 4.79 Å². The lowest BCUT2D eigenvalue weighted by molar-refractivity contribution is -0.139. The average molecular weight is 319 g/mol. The fourth-order valence-corrected chi connectivity index (χ4v) is 2.76. The van der Waals surface area contributed by atoms with Crippen LogP contribution >= 0.6 is 22.9 Å². The molecule has 5 nitrogen and oxygen atoms in total. The van der Waals surface area contributed by atoms with Gasteiger partial charge in [0.25, 0.3) is 0 Å². The van der Waals surface area contributed by atoms with Crippen LogP contribution < -0.4 is 10.6 Å². The molecule has 7 heteroatoms. The Morgan fingerprint density at radius 3 is 2.60 bits per heavy atom. The fraction of sp³-hybridized carbons (Fsp3) is 0.538. The molecule has 0 aliphatic heterocycles. The number of carboxylic acid groups (broad SMARTS) is 1. The van der Waals surface area contributed by atoms with E-state index in [0.29, 0.717) is 10.8 Å². The number of urea groups is 1. The molecule has 112 valence electrons. The second-order valence-corrected chi connectivity index (χ2v) is 6.26. The summed E-state index contributed by atoms with van der Waals surface area (Å²) in [6.45, 7) is 3.80. The topological polar surface area (TPSA) is 78.4 Å². The van der Waals surface area contributed by atoms with Crippen LogP contribution in [0.1, 0.15) is 44.0 Å². The highest BCUT2D eigenvalue weighted by molar-refractivity contribution is 7.16. The zero-order valence-electron chi connectivity index (χ0n) is 11.5. The monoisotopic (exact) mass is 318 g/mol. The molecular formula is C13H19ClN2O3S. The average Bonchev–Trinajstić information content (AvgIpc) is 2.80. The van der Waals surface area contributed by atoms with Crippen molar-refractivity contribution in [2.75, 3.05) is 0 Å². The maximum Gasteiger partial charge on any atom is 0.326 e. The molecule has 1 heterocycles. The van der Waals surface area contributed by atoms with Crippen molar-refractivity contribution >= 4 is 34.9 Å². The molecule has 1 aromatic heterocycles. The molecular weight excluding hydrogens is 300 g/mol. The smallest absolute Gasteiger partial charge is 0.326 e. The molecule has 1 unspecified atom stereocenters. The second-order valence-electron chi connectivity index (χ2n) is 4.51. The van der Waals surface area contributed by atoms with Crippen LogP contribution in [0.2, 0.25) is 4.34 Å². The number of thiophene rings is 1. The highest BCUT2D eigenvalue weighted by Gasteiger charge is 2.20. The number of hydrogen-bond acceptors (Lipinski definition) is 3. The van der Waals surface area contributed by atoms with Gasteiger partial charge in [-0.1, -0.05) is 31.4 Å². The van der Waals surface area contributed by atoms with Gasteiger partial charge in [-0.15, -0.1) is 11.3 Å². The summed E-state index contributed by atoms with van der Waals surface area (Å²) < 4.78 is 0.653. The van der Waals surface area contributed by atoms with E-state index in [-0.39, 0.29) is 6.04 Å². The van der Waals surface area contributed by atoms with Gasteiger partial charge < -0.3 is 15.7 Å². The Kier molecular flexibility index (Phi) is 6.81. The Bertz CT molecular complexity index is 464. The van der Waals surface area contributed by atoms with Crippen molar-refractivity contribution in [2.24, 2.45) is 0 Å². The van der Waals surface area contributed by atoms with E-state index in [1.54, 1.807) is 6.07 Å². The van der Waals surface area contributed by atoms with Crippen LogP contribution in [0.5, 0.6) is 0 Å². The van der Waals surface area contributed by atoms with E-state index < -0.39 is 18.0 Å². The molecule has 2 atom stereocenters. The van der Waals surface area contributed by atoms with Crippen molar-refractivity contribution in [1.82, 2.24) is 10.6 Å². The molecule has 0 aliphatic carbocycles. The highest BCUT2D eigenvalue weighted by atomic mass is 35.5. The quantitative estimate of drug-likeness (QED) is 0.721. The van der Waals surface area contributed by atoms with Crippen molar-refractivity contribution in [3.8, 4) is 0 Å². The summed E-state index contributed by atoms with van der Waals surface area (Å²) in [7, 11) is 0. The van der Waals surface area contributed by atoms with E-state index in [2.05, 4.69) is 10.6 Å². The maximum atomic E-state index is 11.8. The number of carboxylic acids is 1. The molecule has 0 saturated carbocycles. The van der Waals surface area contributed by atoms with Crippen molar-refractivity contribution < 1.29 is 14.7 Å². The predicted octanol–water partition coefficient (Wildman–Crippen LogP) is 3.41. The molecule has 0 fully saturated rings. The molecule has 1 aromatic rings. The first-order valence-electron chi connectivity index (χ1n) is 6.49. The fourth-order valence-electron chi connectivity index (χ4n) is 1.69. The van der Waals surface area contributed by atoms with Gasteiger partial charge in [0.15, 0.2) is 0 Å². The molecule has 20 heavy (non-hydrogen) atoms. The molecule has 2 amide bonds. The summed E-state index contributed by atoms with van der Waals surface area (Å²) >= 11 is 7.22. The maximum absolute atomic E-state index is 11.8. The standard InChI is InChI=1S/C13H19ClN2O3S/c1-3-4-5-9(12(17)18)16-13(19)15-8(2)10-6-7-11(14)20-10/h6-9H,3-5H2,1-2H3,(H,17,18)(H2,15,16,19)/t8?,9-/m0/s1. The molecule has 0 bridgehead atoms. The van der Waals surface area contributed by atoms with Crippen molar-refractivity contribution in [1.29, 1.82) is 0 Å². The molecule has 0 saturated heterocycles. The minimum atomic E-state index is -1.01. The summed E-state index contributed by atoms with van der Waals surface area (Å²) in [5.41, 5.74) is 0. The van der Waals surface area contributed by atoms with Crippen LogP contribution in [0.15, 0.2) is 12.1 Å². The van der Waals surface area contributed by atoms with Gasteiger partial charge in [-0.25, -0.2) is 9.59 Å². The summed E-state index contributed by atoms with van der Waals surface area (Å²) in [6.07, 6.45) is 2.07. The zero-order valence-corrected chi connectivity index (χ0v) is 13.1. The Labute approximate surface area is 127 Å². The molecule has 0 aliphatic rings. The minimum Gasteiger partial charge on any atom is -0.480 e. The zero-order chi connectivity index (χ0) is 15.1.